The van der Waals surface area contributed by atoms with Gasteiger partial charge >= 0.3 is 0 Å². The molecule has 0 radical (unpaired) electrons. The molecule has 0 fully saturated rings. The molecular formula is C19H17ClO. The zero-order valence-electron chi connectivity index (χ0n) is 11.6. The number of rotatable bonds is 5. The summed E-state index contributed by atoms with van der Waals surface area (Å²) in [5.41, 5.74) is 2.12. The lowest BCUT2D eigenvalue weighted by Crippen LogP contribution is -2.01. The second-order valence-electron chi connectivity index (χ2n) is 4.54. The van der Waals surface area contributed by atoms with Crippen LogP contribution in [0.25, 0.3) is 12.2 Å². The van der Waals surface area contributed by atoms with Crippen molar-refractivity contribution in [1.82, 2.24) is 0 Å². The largest absolute Gasteiger partial charge is 0.383 e. The van der Waals surface area contributed by atoms with E-state index in [1.165, 1.54) is 0 Å². The predicted octanol–water partition coefficient (Wildman–Crippen LogP) is 4.90. The minimum Gasteiger partial charge on any atom is -0.383 e. The summed E-state index contributed by atoms with van der Waals surface area (Å²) in [6.07, 6.45) is 8.20. The number of aliphatic hydroxyl groups excluding tert-OH is 1. The number of aliphatic hydroxyl groups is 1. The van der Waals surface area contributed by atoms with Crippen molar-refractivity contribution in [1.29, 1.82) is 0 Å². The van der Waals surface area contributed by atoms with E-state index in [2.05, 4.69) is 0 Å². The maximum absolute atomic E-state index is 9.96. The quantitative estimate of drug-likeness (QED) is 0.778. The molecule has 0 aliphatic carbocycles. The van der Waals surface area contributed by atoms with Crippen LogP contribution in [0.5, 0.6) is 0 Å². The molecule has 2 aromatic rings. The fourth-order valence-electron chi connectivity index (χ4n) is 1.77. The summed E-state index contributed by atoms with van der Waals surface area (Å²) in [7, 11) is 0. The first-order valence-electron chi connectivity index (χ1n) is 6.76. The Morgan fingerprint density at radius 2 is 1.38 bits per heavy atom. The van der Waals surface area contributed by atoms with Crippen molar-refractivity contribution in [3.05, 3.63) is 95.1 Å². The zero-order chi connectivity index (χ0) is 14.9. The van der Waals surface area contributed by atoms with Gasteiger partial charge in [0.1, 0.15) is 6.10 Å². The molecule has 0 saturated carbocycles. The zero-order valence-corrected chi connectivity index (χ0v) is 12.3. The molecule has 21 heavy (non-hydrogen) atoms. The van der Waals surface area contributed by atoms with Crippen molar-refractivity contribution in [2.75, 3.05) is 0 Å². The fraction of sp³-hybridized carbons (Fsp3) is 0.0526. The van der Waals surface area contributed by atoms with Gasteiger partial charge in [0.15, 0.2) is 0 Å². The summed E-state index contributed by atoms with van der Waals surface area (Å²) in [6.45, 7) is 0. The first-order chi connectivity index (χ1) is 10.3. The molecule has 0 aliphatic heterocycles. The van der Waals surface area contributed by atoms with E-state index in [0.29, 0.717) is 5.03 Å². The van der Waals surface area contributed by atoms with Gasteiger partial charge in [0, 0.05) is 0 Å². The molecule has 2 heteroatoms. The van der Waals surface area contributed by atoms with E-state index >= 15 is 0 Å². The number of hydrogen-bond acceptors (Lipinski definition) is 1. The van der Waals surface area contributed by atoms with Crippen LogP contribution in [-0.2, 0) is 0 Å². The summed E-state index contributed by atoms with van der Waals surface area (Å²) in [5.74, 6) is 0. The second-order valence-corrected chi connectivity index (χ2v) is 4.97. The molecule has 0 aliphatic rings. The van der Waals surface area contributed by atoms with Crippen LogP contribution in [0.2, 0.25) is 0 Å². The molecule has 1 N–H and O–H groups in total. The monoisotopic (exact) mass is 296 g/mol. The summed E-state index contributed by atoms with van der Waals surface area (Å²) >= 11 is 6.07. The number of halogens is 1. The number of hydrogen-bond donors (Lipinski definition) is 1. The van der Waals surface area contributed by atoms with E-state index < -0.39 is 6.10 Å². The van der Waals surface area contributed by atoms with Gasteiger partial charge < -0.3 is 5.11 Å². The topological polar surface area (TPSA) is 20.2 Å². The normalized spacial score (nSPS) is 13.9. The lowest BCUT2D eigenvalue weighted by Gasteiger charge is -2.02. The molecule has 106 valence electrons. The highest BCUT2D eigenvalue weighted by Crippen LogP contribution is 2.12. The fourth-order valence-corrected chi connectivity index (χ4v) is 1.92. The van der Waals surface area contributed by atoms with Crippen LogP contribution >= 0.6 is 11.6 Å². The van der Waals surface area contributed by atoms with E-state index in [9.17, 15) is 5.11 Å². The van der Waals surface area contributed by atoms with Gasteiger partial charge in [-0.15, -0.1) is 0 Å². The maximum atomic E-state index is 9.96. The van der Waals surface area contributed by atoms with Gasteiger partial charge in [-0.2, -0.15) is 0 Å². The maximum Gasteiger partial charge on any atom is 0.108 e. The molecule has 2 rings (SSSR count). The molecule has 1 atom stereocenters. The summed E-state index contributed by atoms with van der Waals surface area (Å²) in [4.78, 5) is 0. The lowest BCUT2D eigenvalue weighted by molar-refractivity contribution is 0.268. The van der Waals surface area contributed by atoms with Crippen LogP contribution in [0.4, 0.5) is 0 Å². The van der Waals surface area contributed by atoms with Crippen LogP contribution in [0.1, 0.15) is 11.1 Å². The smallest absolute Gasteiger partial charge is 0.108 e. The molecule has 0 saturated heterocycles. The first kappa shape index (κ1) is 15.3. The van der Waals surface area contributed by atoms with Crippen LogP contribution in [0.15, 0.2) is 83.9 Å². The Bertz CT molecular complexity index is 627. The van der Waals surface area contributed by atoms with Crippen molar-refractivity contribution in [2.45, 2.75) is 6.10 Å². The highest BCUT2D eigenvalue weighted by Gasteiger charge is 2.02. The van der Waals surface area contributed by atoms with Gasteiger partial charge in [-0.05, 0) is 17.2 Å². The van der Waals surface area contributed by atoms with Gasteiger partial charge in [0.25, 0.3) is 0 Å². The Balaban J connectivity index is 1.95. The van der Waals surface area contributed by atoms with Gasteiger partial charge in [-0.3, -0.25) is 0 Å². The van der Waals surface area contributed by atoms with Crippen molar-refractivity contribution in [3.8, 4) is 0 Å². The van der Waals surface area contributed by atoms with Crippen molar-refractivity contribution >= 4 is 23.8 Å². The van der Waals surface area contributed by atoms with E-state index in [1.807, 2.05) is 78.9 Å². The van der Waals surface area contributed by atoms with Crippen LogP contribution in [0, 0.1) is 0 Å². The molecule has 2 aromatic carbocycles. The summed E-state index contributed by atoms with van der Waals surface area (Å²) < 4.78 is 0. The van der Waals surface area contributed by atoms with Gasteiger partial charge in [-0.25, -0.2) is 0 Å². The van der Waals surface area contributed by atoms with E-state index in [1.54, 1.807) is 12.2 Å². The number of allylic oxidation sites excluding steroid dienone is 2. The minimum atomic E-state index is -0.799. The third-order valence-corrected chi connectivity index (χ3v) is 3.25. The average molecular weight is 297 g/mol. The second kappa shape index (κ2) is 8.25. The average Bonchev–Trinajstić information content (AvgIpc) is 2.54. The van der Waals surface area contributed by atoms with Crippen molar-refractivity contribution in [2.24, 2.45) is 0 Å². The molecule has 1 unspecified atom stereocenters. The SMILES string of the molecule is OC(/C=C/c1ccccc1)/C(Cl)=C/C=C/c1ccccc1. The van der Waals surface area contributed by atoms with Crippen molar-refractivity contribution in [3.63, 3.8) is 0 Å². The van der Waals surface area contributed by atoms with E-state index in [0.717, 1.165) is 11.1 Å². The van der Waals surface area contributed by atoms with Gasteiger partial charge in [0.2, 0.25) is 0 Å². The predicted molar refractivity (Wildman–Crippen MR) is 90.9 cm³/mol. The summed E-state index contributed by atoms with van der Waals surface area (Å²) in [6, 6.07) is 19.7. The summed E-state index contributed by atoms with van der Waals surface area (Å²) in [5, 5.41) is 10.3. The van der Waals surface area contributed by atoms with E-state index in [4.69, 9.17) is 11.6 Å². The Morgan fingerprint density at radius 3 is 1.95 bits per heavy atom. The Labute approximate surface area is 130 Å². The standard InChI is InChI=1S/C19H17ClO/c20-18(13-7-12-16-8-3-1-4-9-16)19(21)15-14-17-10-5-2-6-11-17/h1-15,19,21H/b12-7+,15-14+,18-13-. The van der Waals surface area contributed by atoms with Crippen LogP contribution in [0.3, 0.4) is 0 Å². The molecule has 0 aromatic heterocycles. The third-order valence-electron chi connectivity index (χ3n) is 2.90. The third kappa shape index (κ3) is 5.42. The van der Waals surface area contributed by atoms with Crippen LogP contribution < -0.4 is 0 Å². The number of benzene rings is 2. The molecule has 0 heterocycles. The molecule has 0 amide bonds. The molecule has 1 nitrogen and oxygen atoms in total. The molecular weight excluding hydrogens is 280 g/mol. The highest BCUT2D eigenvalue weighted by atomic mass is 35.5. The Morgan fingerprint density at radius 1 is 0.857 bits per heavy atom. The minimum absolute atomic E-state index is 0.384. The first-order valence-corrected chi connectivity index (χ1v) is 7.13. The highest BCUT2D eigenvalue weighted by molar-refractivity contribution is 6.30. The Hall–Kier alpha value is -2.09. The van der Waals surface area contributed by atoms with Crippen molar-refractivity contribution < 1.29 is 5.11 Å². The molecule has 0 bridgehead atoms. The van der Waals surface area contributed by atoms with Gasteiger partial charge in [-0.1, -0.05) is 96.6 Å². The van der Waals surface area contributed by atoms with Gasteiger partial charge in [0.05, 0.1) is 5.03 Å². The van der Waals surface area contributed by atoms with Crippen LogP contribution in [-0.4, -0.2) is 11.2 Å². The lowest BCUT2D eigenvalue weighted by atomic mass is 10.1. The Kier molecular flexibility index (Phi) is 6.01. The molecule has 0 spiro atoms. The van der Waals surface area contributed by atoms with E-state index in [-0.39, 0.29) is 0 Å².